The standard InChI is InChI=1S/C18H20ClF3N4/c1-12-11-16(24-17(19)23-12)26-9-7-25(8-10-26)13(2)14-3-5-15(6-4-14)18(20,21)22/h3-6,11,13H,7-10H2,1-2H3. The average Bonchev–Trinajstić information content (AvgIpc) is 2.60. The predicted molar refractivity (Wildman–Crippen MR) is 95.4 cm³/mol. The number of benzene rings is 1. The fourth-order valence-corrected chi connectivity index (χ4v) is 3.40. The number of anilines is 1. The first-order chi connectivity index (χ1) is 12.2. The molecule has 0 spiro atoms. The first-order valence-corrected chi connectivity index (χ1v) is 8.79. The van der Waals surface area contributed by atoms with Crippen molar-refractivity contribution in [2.75, 3.05) is 31.1 Å². The van der Waals surface area contributed by atoms with Crippen LogP contribution in [0, 0.1) is 6.92 Å². The molecule has 1 fully saturated rings. The molecule has 0 bridgehead atoms. The fraction of sp³-hybridized carbons (Fsp3) is 0.444. The van der Waals surface area contributed by atoms with Gasteiger partial charge in [0.05, 0.1) is 5.56 Å². The maximum absolute atomic E-state index is 12.7. The van der Waals surface area contributed by atoms with Crippen LogP contribution in [0.1, 0.15) is 29.8 Å². The van der Waals surface area contributed by atoms with Crippen LogP contribution in [0.15, 0.2) is 30.3 Å². The highest BCUT2D eigenvalue weighted by Gasteiger charge is 2.30. The zero-order valence-electron chi connectivity index (χ0n) is 14.6. The van der Waals surface area contributed by atoms with E-state index in [0.717, 1.165) is 55.4 Å². The normalized spacial score (nSPS) is 17.4. The first-order valence-electron chi connectivity index (χ1n) is 8.41. The monoisotopic (exact) mass is 384 g/mol. The average molecular weight is 385 g/mol. The van der Waals surface area contributed by atoms with E-state index in [4.69, 9.17) is 11.6 Å². The Kier molecular flexibility index (Phi) is 5.39. The van der Waals surface area contributed by atoms with Gasteiger partial charge in [0.15, 0.2) is 0 Å². The zero-order valence-corrected chi connectivity index (χ0v) is 15.3. The topological polar surface area (TPSA) is 32.3 Å². The van der Waals surface area contributed by atoms with E-state index in [-0.39, 0.29) is 11.3 Å². The van der Waals surface area contributed by atoms with Gasteiger partial charge in [-0.25, -0.2) is 9.97 Å². The molecular weight excluding hydrogens is 365 g/mol. The highest BCUT2D eigenvalue weighted by atomic mass is 35.5. The van der Waals surface area contributed by atoms with Crippen molar-refractivity contribution >= 4 is 17.4 Å². The van der Waals surface area contributed by atoms with Crippen molar-refractivity contribution in [1.82, 2.24) is 14.9 Å². The van der Waals surface area contributed by atoms with Gasteiger partial charge in [0.1, 0.15) is 5.82 Å². The number of piperazine rings is 1. The number of hydrogen-bond acceptors (Lipinski definition) is 4. The molecule has 2 heterocycles. The second-order valence-corrected chi connectivity index (χ2v) is 6.79. The van der Waals surface area contributed by atoms with Crippen LogP contribution in [0.3, 0.4) is 0 Å². The van der Waals surface area contributed by atoms with Crippen molar-refractivity contribution in [3.05, 3.63) is 52.4 Å². The molecule has 1 aliphatic heterocycles. The van der Waals surface area contributed by atoms with Crippen LogP contribution in [0.4, 0.5) is 19.0 Å². The van der Waals surface area contributed by atoms with Crippen LogP contribution in [0.25, 0.3) is 0 Å². The van der Waals surface area contributed by atoms with Crippen LogP contribution in [-0.4, -0.2) is 41.0 Å². The highest BCUT2D eigenvalue weighted by Crippen LogP contribution is 2.31. The van der Waals surface area contributed by atoms with Gasteiger partial charge in [-0.2, -0.15) is 13.2 Å². The summed E-state index contributed by atoms with van der Waals surface area (Å²) in [4.78, 5) is 12.8. The summed E-state index contributed by atoms with van der Waals surface area (Å²) >= 11 is 5.93. The van der Waals surface area contributed by atoms with Crippen LogP contribution in [0.2, 0.25) is 5.28 Å². The number of nitrogens with zero attached hydrogens (tertiary/aromatic N) is 4. The number of aromatic nitrogens is 2. The van der Waals surface area contributed by atoms with Crippen LogP contribution < -0.4 is 4.90 Å². The first kappa shape index (κ1) is 18.9. The predicted octanol–water partition coefficient (Wildman–Crippen LogP) is 4.34. The molecule has 4 nitrogen and oxygen atoms in total. The lowest BCUT2D eigenvalue weighted by molar-refractivity contribution is -0.137. The lowest BCUT2D eigenvalue weighted by Crippen LogP contribution is -2.47. The Labute approximate surface area is 155 Å². The van der Waals surface area contributed by atoms with E-state index in [0.29, 0.717) is 0 Å². The highest BCUT2D eigenvalue weighted by molar-refractivity contribution is 6.28. The third-order valence-electron chi connectivity index (χ3n) is 4.72. The number of rotatable bonds is 3. The molecule has 140 valence electrons. The number of aryl methyl sites for hydroxylation is 1. The summed E-state index contributed by atoms with van der Waals surface area (Å²) in [6.07, 6.45) is -4.30. The quantitative estimate of drug-likeness (QED) is 0.737. The molecule has 0 saturated carbocycles. The Morgan fingerprint density at radius 2 is 1.65 bits per heavy atom. The smallest absolute Gasteiger partial charge is 0.354 e. The zero-order chi connectivity index (χ0) is 18.9. The SMILES string of the molecule is Cc1cc(N2CCN(C(C)c3ccc(C(F)(F)F)cc3)CC2)nc(Cl)n1. The molecule has 1 unspecified atom stereocenters. The molecule has 26 heavy (non-hydrogen) atoms. The van der Waals surface area contributed by atoms with E-state index in [1.165, 1.54) is 0 Å². The molecule has 1 atom stereocenters. The number of hydrogen-bond donors (Lipinski definition) is 0. The van der Waals surface area contributed by atoms with Gasteiger partial charge in [-0.1, -0.05) is 12.1 Å². The summed E-state index contributed by atoms with van der Waals surface area (Å²) in [5.74, 6) is 0.810. The van der Waals surface area contributed by atoms with Gasteiger partial charge in [0, 0.05) is 44.0 Å². The Morgan fingerprint density at radius 3 is 2.19 bits per heavy atom. The van der Waals surface area contributed by atoms with E-state index in [2.05, 4.69) is 19.8 Å². The Balaban J connectivity index is 1.64. The summed E-state index contributed by atoms with van der Waals surface area (Å²) in [5.41, 5.74) is 1.09. The third kappa shape index (κ3) is 4.27. The second-order valence-electron chi connectivity index (χ2n) is 6.46. The molecule has 1 aromatic heterocycles. The molecule has 3 rings (SSSR count). The molecule has 8 heteroatoms. The van der Waals surface area contributed by atoms with E-state index >= 15 is 0 Å². The minimum atomic E-state index is -4.30. The summed E-state index contributed by atoms with van der Waals surface area (Å²) in [7, 11) is 0. The van der Waals surface area contributed by atoms with Crippen LogP contribution >= 0.6 is 11.6 Å². The maximum Gasteiger partial charge on any atom is 0.416 e. The summed E-state index contributed by atoms with van der Waals surface area (Å²) in [6.45, 7) is 7.03. The van der Waals surface area contributed by atoms with Crippen molar-refractivity contribution in [3.63, 3.8) is 0 Å². The van der Waals surface area contributed by atoms with E-state index < -0.39 is 11.7 Å². The largest absolute Gasteiger partial charge is 0.416 e. The Hall–Kier alpha value is -1.86. The van der Waals surface area contributed by atoms with Crippen molar-refractivity contribution < 1.29 is 13.2 Å². The minimum Gasteiger partial charge on any atom is -0.354 e. The van der Waals surface area contributed by atoms with Crippen molar-refractivity contribution in [2.45, 2.75) is 26.1 Å². The van der Waals surface area contributed by atoms with Gasteiger partial charge in [-0.05, 0) is 43.1 Å². The van der Waals surface area contributed by atoms with Gasteiger partial charge < -0.3 is 4.90 Å². The molecule has 1 saturated heterocycles. The molecule has 1 aliphatic rings. The number of alkyl halides is 3. The van der Waals surface area contributed by atoms with E-state index in [1.807, 2.05) is 19.9 Å². The fourth-order valence-electron chi connectivity index (χ4n) is 3.18. The van der Waals surface area contributed by atoms with E-state index in [9.17, 15) is 13.2 Å². The van der Waals surface area contributed by atoms with Gasteiger partial charge in [-0.3, -0.25) is 4.90 Å². The Morgan fingerprint density at radius 1 is 1.04 bits per heavy atom. The van der Waals surface area contributed by atoms with Gasteiger partial charge in [0.25, 0.3) is 0 Å². The maximum atomic E-state index is 12.7. The molecule has 2 aromatic rings. The van der Waals surface area contributed by atoms with Gasteiger partial charge >= 0.3 is 6.18 Å². The molecular formula is C18H20ClF3N4. The summed E-state index contributed by atoms with van der Waals surface area (Å²) in [5, 5.41) is 0.237. The lowest BCUT2D eigenvalue weighted by Gasteiger charge is -2.38. The van der Waals surface area contributed by atoms with Crippen LogP contribution in [0.5, 0.6) is 0 Å². The number of halogens is 4. The van der Waals surface area contributed by atoms with E-state index in [1.54, 1.807) is 12.1 Å². The summed E-state index contributed by atoms with van der Waals surface area (Å²) < 4.78 is 38.1. The summed E-state index contributed by atoms with van der Waals surface area (Å²) in [6, 6.07) is 7.37. The lowest BCUT2D eigenvalue weighted by atomic mass is 10.0. The van der Waals surface area contributed by atoms with Crippen molar-refractivity contribution in [3.8, 4) is 0 Å². The molecule has 0 radical (unpaired) electrons. The molecule has 0 amide bonds. The molecule has 0 N–H and O–H groups in total. The van der Waals surface area contributed by atoms with Crippen molar-refractivity contribution in [1.29, 1.82) is 0 Å². The van der Waals surface area contributed by atoms with Crippen molar-refractivity contribution in [2.24, 2.45) is 0 Å². The third-order valence-corrected chi connectivity index (χ3v) is 4.89. The van der Waals surface area contributed by atoms with Gasteiger partial charge in [0.2, 0.25) is 5.28 Å². The molecule has 0 aliphatic carbocycles. The Bertz CT molecular complexity index is 736. The minimum absolute atomic E-state index is 0.0511. The second kappa shape index (κ2) is 7.40. The molecule has 1 aromatic carbocycles. The van der Waals surface area contributed by atoms with Gasteiger partial charge in [-0.15, -0.1) is 0 Å². The van der Waals surface area contributed by atoms with Crippen LogP contribution in [-0.2, 0) is 6.18 Å².